The SMILES string of the molecule is C=C(O)C(N)CCC(=O)N[C@@H](CSCC)C(=O)NCC(=O)O.CC. The molecule has 2 amide bonds. The summed E-state index contributed by atoms with van der Waals surface area (Å²) in [6.45, 7) is 8.68. The van der Waals surface area contributed by atoms with Gasteiger partial charge >= 0.3 is 5.97 Å². The standard InChI is InChI=1S/C13H23N3O5S.C2H6/c1-3-22-7-10(13(21)15-6-12(19)20)16-11(18)5-4-9(14)8(2)17;1-2/h9-10,17H,2-7,14H2,1H3,(H,15,21)(H,16,18)(H,19,20);1-2H3/t9?,10-;/m0./s1. The fourth-order valence-electron chi connectivity index (χ4n) is 1.42. The Morgan fingerprint density at radius 3 is 2.29 bits per heavy atom. The molecule has 6 N–H and O–H groups in total. The second-order valence-electron chi connectivity index (χ2n) is 4.53. The summed E-state index contributed by atoms with van der Waals surface area (Å²) < 4.78 is 0. The molecule has 0 rings (SSSR count). The van der Waals surface area contributed by atoms with Crippen LogP contribution in [0.25, 0.3) is 0 Å². The maximum absolute atomic E-state index is 11.9. The Morgan fingerprint density at radius 1 is 1.25 bits per heavy atom. The first-order valence-electron chi connectivity index (χ1n) is 7.77. The highest BCUT2D eigenvalue weighted by Gasteiger charge is 2.21. The first-order valence-corrected chi connectivity index (χ1v) is 8.93. The van der Waals surface area contributed by atoms with Crippen LogP contribution in [0.1, 0.15) is 33.6 Å². The van der Waals surface area contributed by atoms with Crippen molar-refractivity contribution in [1.29, 1.82) is 0 Å². The predicted molar refractivity (Wildman–Crippen MR) is 95.9 cm³/mol. The Morgan fingerprint density at radius 2 is 1.83 bits per heavy atom. The summed E-state index contributed by atoms with van der Waals surface area (Å²) in [6.07, 6.45) is 0.228. The van der Waals surface area contributed by atoms with Crippen molar-refractivity contribution in [2.45, 2.75) is 45.7 Å². The zero-order valence-electron chi connectivity index (χ0n) is 14.5. The number of aliphatic hydroxyl groups is 1. The molecular formula is C15H29N3O5S. The van der Waals surface area contributed by atoms with E-state index in [0.717, 1.165) is 5.75 Å². The molecule has 140 valence electrons. The molecule has 0 heterocycles. The van der Waals surface area contributed by atoms with E-state index in [0.29, 0.717) is 5.75 Å². The van der Waals surface area contributed by atoms with Crippen LogP contribution in [0.15, 0.2) is 12.3 Å². The molecule has 0 aromatic rings. The number of nitrogens with two attached hydrogens (primary N) is 1. The Hall–Kier alpha value is -1.74. The van der Waals surface area contributed by atoms with Gasteiger partial charge in [0, 0.05) is 12.2 Å². The van der Waals surface area contributed by atoms with Crippen molar-refractivity contribution in [1.82, 2.24) is 10.6 Å². The highest BCUT2D eigenvalue weighted by molar-refractivity contribution is 7.99. The lowest BCUT2D eigenvalue weighted by Gasteiger charge is -2.18. The van der Waals surface area contributed by atoms with E-state index in [2.05, 4.69) is 17.2 Å². The quantitative estimate of drug-likeness (QED) is 0.339. The molecule has 0 bridgehead atoms. The molecule has 1 unspecified atom stereocenters. The number of hydrogen-bond acceptors (Lipinski definition) is 6. The molecule has 0 aliphatic heterocycles. The molecule has 0 aliphatic rings. The highest BCUT2D eigenvalue weighted by atomic mass is 32.2. The van der Waals surface area contributed by atoms with Crippen LogP contribution in [0, 0.1) is 0 Å². The van der Waals surface area contributed by atoms with Crippen molar-refractivity contribution in [2.75, 3.05) is 18.1 Å². The predicted octanol–water partition coefficient (Wildman–Crippen LogP) is 0.631. The maximum Gasteiger partial charge on any atom is 0.322 e. The number of aliphatic hydroxyl groups excluding tert-OH is 1. The molecule has 9 heteroatoms. The van der Waals surface area contributed by atoms with Crippen molar-refractivity contribution in [2.24, 2.45) is 5.73 Å². The molecule has 0 aliphatic carbocycles. The van der Waals surface area contributed by atoms with E-state index in [4.69, 9.17) is 15.9 Å². The molecule has 0 radical (unpaired) electrons. The normalized spacial score (nSPS) is 12.2. The summed E-state index contributed by atoms with van der Waals surface area (Å²) in [7, 11) is 0. The van der Waals surface area contributed by atoms with Gasteiger partial charge in [0.25, 0.3) is 0 Å². The topological polar surface area (TPSA) is 142 Å². The van der Waals surface area contributed by atoms with Gasteiger partial charge in [-0.25, -0.2) is 0 Å². The zero-order valence-corrected chi connectivity index (χ0v) is 15.3. The van der Waals surface area contributed by atoms with Crippen LogP contribution in [0.3, 0.4) is 0 Å². The molecular weight excluding hydrogens is 334 g/mol. The molecule has 24 heavy (non-hydrogen) atoms. The maximum atomic E-state index is 11.9. The Bertz CT molecular complexity index is 418. The highest BCUT2D eigenvalue weighted by Crippen LogP contribution is 2.05. The Balaban J connectivity index is 0. The number of carbonyl (C=O) groups is 3. The minimum Gasteiger partial charge on any atom is -0.511 e. The lowest BCUT2D eigenvalue weighted by atomic mass is 10.1. The number of hydrogen-bond donors (Lipinski definition) is 5. The lowest BCUT2D eigenvalue weighted by Crippen LogP contribution is -2.49. The van der Waals surface area contributed by atoms with Crippen molar-refractivity contribution in [3.05, 3.63) is 12.3 Å². The second kappa shape index (κ2) is 14.8. The van der Waals surface area contributed by atoms with Gasteiger partial charge in [0.2, 0.25) is 11.8 Å². The summed E-state index contributed by atoms with van der Waals surface area (Å²) in [4.78, 5) is 34.1. The van der Waals surface area contributed by atoms with Crippen LogP contribution in [0.4, 0.5) is 0 Å². The average Bonchev–Trinajstić information content (AvgIpc) is 2.55. The largest absolute Gasteiger partial charge is 0.511 e. The van der Waals surface area contributed by atoms with E-state index in [9.17, 15) is 14.4 Å². The summed E-state index contributed by atoms with van der Waals surface area (Å²) in [6, 6.07) is -1.51. The van der Waals surface area contributed by atoms with E-state index < -0.39 is 36.4 Å². The zero-order chi connectivity index (χ0) is 19.1. The summed E-state index contributed by atoms with van der Waals surface area (Å²) in [5.74, 6) is -1.21. The molecule has 0 spiro atoms. The van der Waals surface area contributed by atoms with Gasteiger partial charge in [-0.15, -0.1) is 0 Å². The number of carbonyl (C=O) groups excluding carboxylic acids is 2. The minimum absolute atomic E-state index is 0.0280. The molecule has 0 aromatic carbocycles. The fraction of sp³-hybridized carbons (Fsp3) is 0.667. The van der Waals surface area contributed by atoms with Crippen LogP contribution in [-0.2, 0) is 14.4 Å². The molecule has 0 fully saturated rings. The van der Waals surface area contributed by atoms with Crippen LogP contribution in [0.2, 0.25) is 0 Å². The third-order valence-electron chi connectivity index (χ3n) is 2.66. The third kappa shape index (κ3) is 12.8. The van der Waals surface area contributed by atoms with E-state index >= 15 is 0 Å². The van der Waals surface area contributed by atoms with Gasteiger partial charge in [-0.05, 0) is 12.2 Å². The van der Waals surface area contributed by atoms with Crippen molar-refractivity contribution >= 4 is 29.5 Å². The first-order chi connectivity index (χ1) is 11.3. The molecule has 0 saturated carbocycles. The Kier molecular flexibility index (Phi) is 15.1. The summed E-state index contributed by atoms with van der Waals surface area (Å²) in [5.41, 5.74) is 5.54. The van der Waals surface area contributed by atoms with Crippen molar-refractivity contribution < 1.29 is 24.6 Å². The summed E-state index contributed by atoms with van der Waals surface area (Å²) in [5, 5.41) is 22.4. The number of aliphatic carboxylic acids is 1. The van der Waals surface area contributed by atoms with Crippen LogP contribution in [-0.4, -0.2) is 58.1 Å². The van der Waals surface area contributed by atoms with Gasteiger partial charge in [0.05, 0.1) is 6.04 Å². The lowest BCUT2D eigenvalue weighted by molar-refractivity contribution is -0.138. The van der Waals surface area contributed by atoms with E-state index in [1.54, 1.807) is 0 Å². The van der Waals surface area contributed by atoms with Crippen LogP contribution < -0.4 is 16.4 Å². The number of amides is 2. The van der Waals surface area contributed by atoms with Crippen LogP contribution >= 0.6 is 11.8 Å². The molecule has 2 atom stereocenters. The smallest absolute Gasteiger partial charge is 0.322 e. The second-order valence-corrected chi connectivity index (χ2v) is 5.85. The van der Waals surface area contributed by atoms with Gasteiger partial charge < -0.3 is 26.6 Å². The fourth-order valence-corrected chi connectivity index (χ4v) is 2.13. The van der Waals surface area contributed by atoms with E-state index in [-0.39, 0.29) is 18.6 Å². The van der Waals surface area contributed by atoms with Crippen molar-refractivity contribution in [3.8, 4) is 0 Å². The molecule has 0 aromatic heterocycles. The molecule has 0 saturated heterocycles. The van der Waals surface area contributed by atoms with Gasteiger partial charge in [0.15, 0.2) is 0 Å². The van der Waals surface area contributed by atoms with Crippen molar-refractivity contribution in [3.63, 3.8) is 0 Å². The van der Waals surface area contributed by atoms with Crippen LogP contribution in [0.5, 0.6) is 0 Å². The number of thioether (sulfide) groups is 1. The van der Waals surface area contributed by atoms with Gasteiger partial charge in [0.1, 0.15) is 18.3 Å². The monoisotopic (exact) mass is 363 g/mol. The third-order valence-corrected chi connectivity index (χ3v) is 3.64. The number of rotatable bonds is 11. The Labute approximate surface area is 147 Å². The van der Waals surface area contributed by atoms with Gasteiger partial charge in [-0.3, -0.25) is 14.4 Å². The number of carboxylic acid groups (broad SMARTS) is 1. The summed E-state index contributed by atoms with van der Waals surface area (Å²) >= 11 is 1.45. The minimum atomic E-state index is -1.16. The molecule has 8 nitrogen and oxygen atoms in total. The van der Waals surface area contributed by atoms with Gasteiger partial charge in [-0.2, -0.15) is 11.8 Å². The first kappa shape index (κ1) is 24.5. The average molecular weight is 363 g/mol. The van der Waals surface area contributed by atoms with Gasteiger partial charge in [-0.1, -0.05) is 27.4 Å². The number of nitrogens with one attached hydrogen (secondary N) is 2. The van der Waals surface area contributed by atoms with E-state index in [1.807, 2.05) is 20.8 Å². The number of carboxylic acids is 1. The van der Waals surface area contributed by atoms with E-state index in [1.165, 1.54) is 11.8 Å².